The van der Waals surface area contributed by atoms with Gasteiger partial charge >= 0.3 is 5.97 Å². The van der Waals surface area contributed by atoms with Crippen molar-refractivity contribution in [3.63, 3.8) is 0 Å². The Hall–Kier alpha value is -0.720. The third-order valence-electron chi connectivity index (χ3n) is 2.84. The number of hydrogen-bond donors (Lipinski definition) is 1. The van der Waals surface area contributed by atoms with E-state index in [0.717, 1.165) is 0 Å². The highest BCUT2D eigenvalue weighted by atomic mass is 32.2. The second-order valence-corrected chi connectivity index (χ2v) is 6.34. The first kappa shape index (κ1) is 13.3. The van der Waals surface area contributed by atoms with Gasteiger partial charge in [0, 0.05) is 5.92 Å². The molecule has 0 aromatic rings. The van der Waals surface area contributed by atoms with E-state index in [-0.39, 0.29) is 11.5 Å². The van der Waals surface area contributed by atoms with Crippen LogP contribution in [-0.4, -0.2) is 37.4 Å². The highest BCUT2D eigenvalue weighted by Gasteiger charge is 2.36. The van der Waals surface area contributed by atoms with Gasteiger partial charge in [0.15, 0.2) is 9.84 Å². The summed E-state index contributed by atoms with van der Waals surface area (Å²) in [7, 11) is -3.27. The van der Waals surface area contributed by atoms with Gasteiger partial charge in [0.05, 0.1) is 17.9 Å². The van der Waals surface area contributed by atoms with Crippen LogP contribution in [0.1, 0.15) is 19.3 Å². The van der Waals surface area contributed by atoms with Crippen molar-refractivity contribution in [2.45, 2.75) is 25.7 Å². The summed E-state index contributed by atoms with van der Waals surface area (Å²) >= 11 is 0. The Balaban J connectivity index is 2.74. The van der Waals surface area contributed by atoms with Crippen molar-refractivity contribution in [2.24, 2.45) is 11.8 Å². The number of carboxylic acid groups (broad SMARTS) is 1. The Morgan fingerprint density at radius 3 is 2.50 bits per heavy atom. The molecule has 0 aromatic carbocycles. The zero-order chi connectivity index (χ0) is 12.3. The van der Waals surface area contributed by atoms with Crippen LogP contribution in [0.3, 0.4) is 0 Å². The van der Waals surface area contributed by atoms with Crippen LogP contribution in [0.25, 0.3) is 0 Å². The van der Waals surface area contributed by atoms with E-state index < -0.39 is 40.5 Å². The topological polar surface area (TPSA) is 71.4 Å². The minimum Gasteiger partial charge on any atom is -0.481 e. The zero-order valence-electron chi connectivity index (χ0n) is 8.60. The predicted molar refractivity (Wildman–Crippen MR) is 53.1 cm³/mol. The molecule has 0 bridgehead atoms. The molecule has 0 amide bonds. The lowest BCUT2D eigenvalue weighted by Crippen LogP contribution is -2.34. The van der Waals surface area contributed by atoms with Crippen molar-refractivity contribution in [3.8, 4) is 0 Å². The van der Waals surface area contributed by atoms with Gasteiger partial charge in [0.25, 0.3) is 0 Å². The first-order chi connectivity index (χ1) is 7.32. The molecule has 0 aliphatic carbocycles. The fourth-order valence-corrected chi connectivity index (χ4v) is 3.90. The van der Waals surface area contributed by atoms with Crippen LogP contribution in [0.5, 0.6) is 0 Å². The van der Waals surface area contributed by atoms with Crippen LogP contribution in [0, 0.1) is 11.8 Å². The van der Waals surface area contributed by atoms with Crippen molar-refractivity contribution in [1.29, 1.82) is 0 Å². The minimum absolute atomic E-state index is 0.0204. The highest BCUT2D eigenvalue weighted by Crippen LogP contribution is 2.31. The minimum atomic E-state index is -3.27. The number of carboxylic acids is 1. The first-order valence-electron chi connectivity index (χ1n) is 5.02. The van der Waals surface area contributed by atoms with Crippen molar-refractivity contribution in [1.82, 2.24) is 0 Å². The van der Waals surface area contributed by atoms with Crippen LogP contribution < -0.4 is 0 Å². The number of hydrogen-bond acceptors (Lipinski definition) is 3. The molecule has 16 heavy (non-hydrogen) atoms. The van der Waals surface area contributed by atoms with E-state index in [9.17, 15) is 22.0 Å². The van der Waals surface area contributed by atoms with Gasteiger partial charge in [-0.25, -0.2) is 17.2 Å². The van der Waals surface area contributed by atoms with Gasteiger partial charge in [-0.05, 0) is 18.8 Å². The van der Waals surface area contributed by atoms with E-state index in [0.29, 0.717) is 12.8 Å². The molecule has 1 fully saturated rings. The van der Waals surface area contributed by atoms with Gasteiger partial charge in [-0.2, -0.15) is 0 Å². The van der Waals surface area contributed by atoms with Gasteiger partial charge in [0.1, 0.15) is 0 Å². The largest absolute Gasteiger partial charge is 0.481 e. The lowest BCUT2D eigenvalue weighted by atomic mass is 9.87. The van der Waals surface area contributed by atoms with Crippen molar-refractivity contribution in [3.05, 3.63) is 0 Å². The van der Waals surface area contributed by atoms with E-state index in [1.165, 1.54) is 0 Å². The third kappa shape index (κ3) is 3.70. The molecule has 4 nitrogen and oxygen atoms in total. The second-order valence-electron chi connectivity index (χ2n) is 4.11. The SMILES string of the molecule is O=C(O)CC(C(F)F)C1CCCS(=O)(=O)C1. The molecule has 1 saturated heterocycles. The quantitative estimate of drug-likeness (QED) is 0.819. The lowest BCUT2D eigenvalue weighted by molar-refractivity contribution is -0.140. The number of carbonyl (C=O) groups is 1. The smallest absolute Gasteiger partial charge is 0.303 e. The number of sulfone groups is 1. The Bertz CT molecular complexity index is 353. The fraction of sp³-hybridized carbons (Fsp3) is 0.889. The predicted octanol–water partition coefficient (Wildman–Crippen LogP) is 1.17. The summed E-state index contributed by atoms with van der Waals surface area (Å²) in [5.74, 6) is -3.68. The molecule has 2 unspecified atom stereocenters. The normalized spacial score (nSPS) is 26.6. The summed E-state index contributed by atoms with van der Waals surface area (Å²) in [6.45, 7) is 0. The molecule has 2 atom stereocenters. The standard InChI is InChI=1S/C9H14F2O4S/c10-9(11)7(4-8(12)13)6-2-1-3-16(14,15)5-6/h6-7,9H,1-5H2,(H,12,13). The van der Waals surface area contributed by atoms with Gasteiger partial charge in [0.2, 0.25) is 6.43 Å². The molecule has 1 heterocycles. The number of halogens is 2. The summed E-state index contributed by atoms with van der Waals surface area (Å²) in [5, 5.41) is 8.51. The summed E-state index contributed by atoms with van der Waals surface area (Å²) in [6.07, 6.45) is -2.75. The van der Waals surface area contributed by atoms with Gasteiger partial charge in [-0.15, -0.1) is 0 Å². The molecule has 1 N–H and O–H groups in total. The zero-order valence-corrected chi connectivity index (χ0v) is 9.42. The molecule has 1 rings (SSSR count). The van der Waals surface area contributed by atoms with Crippen LogP contribution in [0.2, 0.25) is 0 Å². The maximum absolute atomic E-state index is 12.6. The first-order valence-corrected chi connectivity index (χ1v) is 6.84. The van der Waals surface area contributed by atoms with Crippen molar-refractivity contribution in [2.75, 3.05) is 11.5 Å². The maximum Gasteiger partial charge on any atom is 0.303 e. The number of aliphatic carboxylic acids is 1. The molecule has 7 heteroatoms. The Labute approximate surface area is 92.6 Å². The molecule has 1 aliphatic heterocycles. The van der Waals surface area contributed by atoms with E-state index in [1.807, 2.05) is 0 Å². The summed E-state index contributed by atoms with van der Waals surface area (Å²) < 4.78 is 47.8. The Morgan fingerprint density at radius 1 is 1.44 bits per heavy atom. The lowest BCUT2D eigenvalue weighted by Gasteiger charge is -2.28. The van der Waals surface area contributed by atoms with Crippen LogP contribution in [0.4, 0.5) is 8.78 Å². The van der Waals surface area contributed by atoms with Crippen molar-refractivity contribution < 1.29 is 27.1 Å². The second kappa shape index (κ2) is 5.07. The maximum atomic E-state index is 12.6. The summed E-state index contributed by atoms with van der Waals surface area (Å²) in [5.41, 5.74) is 0. The van der Waals surface area contributed by atoms with Crippen LogP contribution in [-0.2, 0) is 14.6 Å². The molecule has 0 spiro atoms. The van der Waals surface area contributed by atoms with Gasteiger partial charge in [-0.1, -0.05) is 0 Å². The monoisotopic (exact) mass is 256 g/mol. The van der Waals surface area contributed by atoms with Crippen LogP contribution >= 0.6 is 0 Å². The van der Waals surface area contributed by atoms with Crippen molar-refractivity contribution >= 4 is 15.8 Å². The Kier molecular flexibility index (Phi) is 4.23. The number of alkyl halides is 2. The molecule has 0 aromatic heterocycles. The fourth-order valence-electron chi connectivity index (χ4n) is 2.06. The number of rotatable bonds is 4. The van der Waals surface area contributed by atoms with Gasteiger partial charge < -0.3 is 5.11 Å². The molecule has 0 radical (unpaired) electrons. The molecular formula is C9H14F2O4S. The average molecular weight is 256 g/mol. The van der Waals surface area contributed by atoms with Gasteiger partial charge in [-0.3, -0.25) is 4.79 Å². The molecule has 94 valence electrons. The van der Waals surface area contributed by atoms with E-state index in [1.54, 1.807) is 0 Å². The van der Waals surface area contributed by atoms with E-state index in [4.69, 9.17) is 5.11 Å². The van der Waals surface area contributed by atoms with E-state index in [2.05, 4.69) is 0 Å². The Morgan fingerprint density at radius 2 is 2.06 bits per heavy atom. The van der Waals surface area contributed by atoms with E-state index >= 15 is 0 Å². The summed E-state index contributed by atoms with van der Waals surface area (Å²) in [4.78, 5) is 10.4. The summed E-state index contributed by atoms with van der Waals surface area (Å²) in [6, 6.07) is 0. The average Bonchev–Trinajstić information content (AvgIpc) is 2.11. The van der Waals surface area contributed by atoms with Crippen LogP contribution in [0.15, 0.2) is 0 Å². The molecule has 1 aliphatic rings. The molecule has 0 saturated carbocycles. The molecular weight excluding hydrogens is 242 g/mol. The highest BCUT2D eigenvalue weighted by molar-refractivity contribution is 7.91. The third-order valence-corrected chi connectivity index (χ3v) is 4.68.